The van der Waals surface area contributed by atoms with Crippen LogP contribution in [0.5, 0.6) is 0 Å². The number of nitrogens with one attached hydrogen (secondary N) is 1. The third-order valence-corrected chi connectivity index (χ3v) is 3.61. The van der Waals surface area contributed by atoms with Gasteiger partial charge in [-0.05, 0) is 40.5 Å². The van der Waals surface area contributed by atoms with Crippen LogP contribution in [0.3, 0.4) is 0 Å². The van der Waals surface area contributed by atoms with E-state index in [0.717, 1.165) is 24.2 Å². The maximum absolute atomic E-state index is 13.7. The highest BCUT2D eigenvalue weighted by molar-refractivity contribution is 9.10. The van der Waals surface area contributed by atoms with Crippen molar-refractivity contribution in [2.75, 3.05) is 6.54 Å². The van der Waals surface area contributed by atoms with Crippen molar-refractivity contribution in [3.63, 3.8) is 0 Å². The van der Waals surface area contributed by atoms with E-state index in [1.165, 1.54) is 6.07 Å². The summed E-state index contributed by atoms with van der Waals surface area (Å²) in [5.74, 6) is -0.273. The molecule has 2 rings (SSSR count). The molecule has 0 aliphatic rings. The highest BCUT2D eigenvalue weighted by atomic mass is 79.9. The number of hydrogen-bond donors (Lipinski definition) is 1. The maximum atomic E-state index is 13.7. The third-order valence-electron chi connectivity index (χ3n) is 2.77. The molecule has 1 aromatic carbocycles. The fraction of sp³-hybridized carbons (Fsp3) is 0.286. The van der Waals surface area contributed by atoms with Gasteiger partial charge >= 0.3 is 0 Å². The van der Waals surface area contributed by atoms with Gasteiger partial charge in [-0.15, -0.1) is 0 Å². The van der Waals surface area contributed by atoms with Crippen LogP contribution in [-0.4, -0.2) is 16.5 Å². The van der Waals surface area contributed by atoms with Crippen LogP contribution in [-0.2, 0) is 0 Å². The summed E-state index contributed by atoms with van der Waals surface area (Å²) in [5.41, 5.74) is 1.61. The van der Waals surface area contributed by atoms with Crippen LogP contribution in [0, 0.1) is 5.82 Å². The van der Waals surface area contributed by atoms with Gasteiger partial charge in [-0.3, -0.25) is 9.97 Å². The van der Waals surface area contributed by atoms with Crippen molar-refractivity contribution in [2.45, 2.75) is 19.4 Å². The van der Waals surface area contributed by atoms with Crippen LogP contribution in [0.1, 0.15) is 30.6 Å². The summed E-state index contributed by atoms with van der Waals surface area (Å²) >= 11 is 3.31. The van der Waals surface area contributed by atoms with Crippen molar-refractivity contribution < 1.29 is 4.39 Å². The lowest BCUT2D eigenvalue weighted by molar-refractivity contribution is 0.569. The molecule has 1 N–H and O–H groups in total. The minimum atomic E-state index is -0.273. The molecule has 0 aliphatic carbocycles. The molecular formula is C14H15BrFN3. The minimum Gasteiger partial charge on any atom is -0.305 e. The monoisotopic (exact) mass is 323 g/mol. The second-order valence-corrected chi connectivity index (χ2v) is 4.95. The van der Waals surface area contributed by atoms with E-state index in [1.807, 2.05) is 6.07 Å². The SMILES string of the molecule is CCCNC(c1cnccn1)c1cccc(F)c1Br. The molecule has 0 saturated heterocycles. The summed E-state index contributed by atoms with van der Waals surface area (Å²) in [6.45, 7) is 2.91. The Morgan fingerprint density at radius 1 is 1.37 bits per heavy atom. The average molecular weight is 324 g/mol. The number of benzene rings is 1. The van der Waals surface area contributed by atoms with Crippen molar-refractivity contribution in [3.8, 4) is 0 Å². The summed E-state index contributed by atoms with van der Waals surface area (Å²) in [4.78, 5) is 8.39. The Morgan fingerprint density at radius 2 is 2.21 bits per heavy atom. The molecule has 1 atom stereocenters. The second kappa shape index (κ2) is 6.73. The van der Waals surface area contributed by atoms with Crippen molar-refractivity contribution in [1.29, 1.82) is 0 Å². The van der Waals surface area contributed by atoms with E-state index in [9.17, 15) is 4.39 Å². The first kappa shape index (κ1) is 14.1. The molecule has 0 spiro atoms. The van der Waals surface area contributed by atoms with Gasteiger partial charge in [0.25, 0.3) is 0 Å². The first-order valence-electron chi connectivity index (χ1n) is 6.17. The number of halogens is 2. The molecular weight excluding hydrogens is 309 g/mol. The minimum absolute atomic E-state index is 0.168. The van der Waals surface area contributed by atoms with Gasteiger partial charge < -0.3 is 5.32 Å². The van der Waals surface area contributed by atoms with Gasteiger partial charge in [0.2, 0.25) is 0 Å². The van der Waals surface area contributed by atoms with E-state index in [1.54, 1.807) is 24.7 Å². The Kier molecular flexibility index (Phi) is 4.99. The number of aromatic nitrogens is 2. The van der Waals surface area contributed by atoms with Crippen LogP contribution < -0.4 is 5.32 Å². The van der Waals surface area contributed by atoms with Gasteiger partial charge in [-0.1, -0.05) is 19.1 Å². The van der Waals surface area contributed by atoms with Crippen LogP contribution in [0.4, 0.5) is 4.39 Å². The highest BCUT2D eigenvalue weighted by Gasteiger charge is 2.19. The quantitative estimate of drug-likeness (QED) is 0.915. The Labute approximate surface area is 120 Å². The van der Waals surface area contributed by atoms with Crippen LogP contribution in [0.25, 0.3) is 0 Å². The Balaban J connectivity index is 2.40. The molecule has 1 heterocycles. The fourth-order valence-electron chi connectivity index (χ4n) is 1.87. The van der Waals surface area contributed by atoms with Crippen molar-refractivity contribution in [2.24, 2.45) is 0 Å². The highest BCUT2D eigenvalue weighted by Crippen LogP contribution is 2.29. The van der Waals surface area contributed by atoms with E-state index in [4.69, 9.17) is 0 Å². The summed E-state index contributed by atoms with van der Waals surface area (Å²) < 4.78 is 14.1. The maximum Gasteiger partial charge on any atom is 0.137 e. The first-order chi connectivity index (χ1) is 9.24. The largest absolute Gasteiger partial charge is 0.305 e. The standard InChI is InChI=1S/C14H15BrFN3/c1-2-6-19-14(12-9-17-7-8-18-12)10-4-3-5-11(16)13(10)15/h3-5,7-9,14,19H,2,6H2,1H3. The zero-order valence-corrected chi connectivity index (χ0v) is 12.2. The molecule has 5 heteroatoms. The second-order valence-electron chi connectivity index (χ2n) is 4.16. The van der Waals surface area contributed by atoms with Crippen molar-refractivity contribution in [3.05, 3.63) is 58.3 Å². The van der Waals surface area contributed by atoms with Gasteiger partial charge in [0.05, 0.1) is 22.4 Å². The van der Waals surface area contributed by atoms with E-state index >= 15 is 0 Å². The zero-order chi connectivity index (χ0) is 13.7. The summed E-state index contributed by atoms with van der Waals surface area (Å²) in [5, 5.41) is 3.37. The molecule has 0 bridgehead atoms. The number of rotatable bonds is 5. The van der Waals surface area contributed by atoms with Crippen LogP contribution in [0.2, 0.25) is 0 Å². The van der Waals surface area contributed by atoms with E-state index < -0.39 is 0 Å². The topological polar surface area (TPSA) is 37.8 Å². The Morgan fingerprint density at radius 3 is 2.89 bits per heavy atom. The van der Waals surface area contributed by atoms with E-state index in [-0.39, 0.29) is 11.9 Å². The Hall–Kier alpha value is -1.33. The van der Waals surface area contributed by atoms with E-state index in [0.29, 0.717) is 4.47 Å². The van der Waals surface area contributed by atoms with Crippen LogP contribution >= 0.6 is 15.9 Å². The zero-order valence-electron chi connectivity index (χ0n) is 10.6. The predicted octanol–water partition coefficient (Wildman–Crippen LogP) is 3.47. The lowest BCUT2D eigenvalue weighted by Gasteiger charge is -2.19. The molecule has 1 unspecified atom stereocenters. The van der Waals surface area contributed by atoms with Crippen molar-refractivity contribution >= 4 is 15.9 Å². The lowest BCUT2D eigenvalue weighted by atomic mass is 10.0. The predicted molar refractivity (Wildman–Crippen MR) is 76.3 cm³/mol. The molecule has 19 heavy (non-hydrogen) atoms. The molecule has 3 nitrogen and oxygen atoms in total. The molecule has 100 valence electrons. The molecule has 0 saturated carbocycles. The fourth-order valence-corrected chi connectivity index (χ4v) is 2.36. The molecule has 0 amide bonds. The summed E-state index contributed by atoms with van der Waals surface area (Å²) in [6.07, 6.45) is 5.96. The first-order valence-corrected chi connectivity index (χ1v) is 6.96. The molecule has 2 aromatic rings. The average Bonchev–Trinajstić information content (AvgIpc) is 2.45. The normalized spacial score (nSPS) is 12.4. The van der Waals surface area contributed by atoms with Gasteiger partial charge in [0.15, 0.2) is 0 Å². The van der Waals surface area contributed by atoms with Crippen molar-refractivity contribution in [1.82, 2.24) is 15.3 Å². The van der Waals surface area contributed by atoms with E-state index in [2.05, 4.69) is 38.1 Å². The van der Waals surface area contributed by atoms with Gasteiger partial charge in [-0.2, -0.15) is 0 Å². The van der Waals surface area contributed by atoms with Gasteiger partial charge in [0.1, 0.15) is 5.82 Å². The van der Waals surface area contributed by atoms with Gasteiger partial charge in [-0.25, -0.2) is 4.39 Å². The summed E-state index contributed by atoms with van der Waals surface area (Å²) in [6, 6.07) is 4.85. The lowest BCUT2D eigenvalue weighted by Crippen LogP contribution is -2.24. The molecule has 0 aliphatic heterocycles. The molecule has 1 aromatic heterocycles. The molecule has 0 fully saturated rings. The smallest absolute Gasteiger partial charge is 0.137 e. The number of nitrogens with zero attached hydrogens (tertiary/aromatic N) is 2. The van der Waals surface area contributed by atoms with Crippen LogP contribution in [0.15, 0.2) is 41.3 Å². The summed E-state index contributed by atoms with van der Waals surface area (Å²) in [7, 11) is 0. The molecule has 0 radical (unpaired) electrons. The third kappa shape index (κ3) is 3.36. The number of hydrogen-bond acceptors (Lipinski definition) is 3. The Bertz CT molecular complexity index is 533. The van der Waals surface area contributed by atoms with Gasteiger partial charge in [0, 0.05) is 12.4 Å².